The fourth-order valence-electron chi connectivity index (χ4n) is 0.943. The van der Waals surface area contributed by atoms with Crippen LogP contribution in [0.25, 0.3) is 11.4 Å². The molecule has 2 rings (SSSR count). The Hall–Kier alpha value is -1.70. The predicted molar refractivity (Wildman–Crippen MR) is 47.5 cm³/mol. The number of hydrogen-bond acceptors (Lipinski definition) is 2. The maximum absolute atomic E-state index is 7.28. The largest absolute Gasteiger partial charge is 0.255 e. The van der Waals surface area contributed by atoms with Gasteiger partial charge in [-0.1, -0.05) is 12.1 Å². The molecule has 0 amide bonds. The molecule has 12 heavy (non-hydrogen) atoms. The van der Waals surface area contributed by atoms with Crippen molar-refractivity contribution in [2.75, 3.05) is 0 Å². The predicted octanol–water partition coefficient (Wildman–Crippen LogP) is 2.14. The van der Waals surface area contributed by atoms with Crippen molar-refractivity contribution in [2.45, 2.75) is 0 Å². The molecule has 0 unspecified atom stereocenters. The number of aromatic nitrogens is 2. The summed E-state index contributed by atoms with van der Waals surface area (Å²) in [5, 5.41) is 0. The van der Waals surface area contributed by atoms with Crippen LogP contribution in [0.2, 0.25) is 0 Å². The Morgan fingerprint density at radius 3 is 1.75 bits per heavy atom. The molecule has 2 nitrogen and oxygen atoms in total. The summed E-state index contributed by atoms with van der Waals surface area (Å²) in [7, 11) is 0. The van der Waals surface area contributed by atoms with Crippen molar-refractivity contribution in [1.82, 2.24) is 9.97 Å². The molecule has 0 N–H and O–H groups in total. The second-order valence-corrected chi connectivity index (χ2v) is 2.29. The minimum Gasteiger partial charge on any atom is -0.255 e. The van der Waals surface area contributed by atoms with Gasteiger partial charge >= 0.3 is 0 Å². The Balaban J connectivity index is 2.40. The lowest BCUT2D eigenvalue weighted by Crippen LogP contribution is -1.83. The molecule has 0 aliphatic heterocycles. The second-order valence-electron chi connectivity index (χ2n) is 2.29. The molecule has 0 fully saturated rings. The minimum absolute atomic E-state index is 0.380. The van der Waals surface area contributed by atoms with E-state index in [-0.39, 0.29) is 0 Å². The lowest BCUT2D eigenvalue weighted by molar-refractivity contribution is 1.25. The van der Waals surface area contributed by atoms with Crippen LogP contribution in [0.15, 0.2) is 48.7 Å². The normalized spacial score (nSPS) is 12.0. The number of hydrogen-bond donors (Lipinski definition) is 0. The Labute approximate surface area is 73.7 Å². The van der Waals surface area contributed by atoms with Crippen molar-refractivity contribution in [3.8, 4) is 11.4 Å². The van der Waals surface area contributed by atoms with Crippen LogP contribution in [-0.4, -0.2) is 9.97 Å². The zero-order valence-corrected chi connectivity index (χ0v) is 6.36. The Morgan fingerprint density at radius 2 is 1.42 bits per heavy atom. The van der Waals surface area contributed by atoms with Crippen molar-refractivity contribution in [1.29, 1.82) is 0 Å². The molecule has 0 atom stereocenters. The quantitative estimate of drug-likeness (QED) is 0.635. The summed E-state index contributed by atoms with van der Waals surface area (Å²) in [6.07, 6.45) is 2.96. The van der Waals surface area contributed by atoms with E-state index in [9.17, 15) is 0 Å². The van der Waals surface area contributed by atoms with Gasteiger partial charge in [-0.15, -0.1) is 0 Å². The smallest absolute Gasteiger partial charge is 0.0886 e. The van der Waals surface area contributed by atoms with Gasteiger partial charge in [0, 0.05) is 12.4 Å². The molecule has 0 bridgehead atoms. The third kappa shape index (κ3) is 1.32. The fourth-order valence-corrected chi connectivity index (χ4v) is 0.943. The van der Waals surface area contributed by atoms with Gasteiger partial charge in [-0.05, 0) is 24.2 Å². The summed E-state index contributed by atoms with van der Waals surface area (Å²) in [6.45, 7) is 0. The first-order chi connectivity index (χ1) is 6.75. The summed E-state index contributed by atoms with van der Waals surface area (Å²) in [6, 6.07) is 7.58. The third-order valence-electron chi connectivity index (χ3n) is 1.49. The Morgan fingerprint density at radius 1 is 0.917 bits per heavy atom. The molecule has 0 aliphatic carbocycles. The first kappa shape index (κ1) is 5.04. The van der Waals surface area contributed by atoms with E-state index < -0.39 is 0 Å². The molecule has 0 saturated heterocycles. The van der Waals surface area contributed by atoms with Crippen LogP contribution >= 0.6 is 0 Å². The Bertz CT molecular complexity index is 379. The number of rotatable bonds is 1. The van der Waals surface area contributed by atoms with Gasteiger partial charge in [-0.2, -0.15) is 0 Å². The minimum atomic E-state index is 0.380. The highest BCUT2D eigenvalue weighted by Gasteiger charge is 1.95. The van der Waals surface area contributed by atoms with E-state index in [0.29, 0.717) is 12.1 Å². The molecule has 2 aromatic rings. The van der Waals surface area contributed by atoms with E-state index >= 15 is 0 Å². The van der Waals surface area contributed by atoms with Crippen molar-refractivity contribution < 1.29 is 2.74 Å². The summed E-state index contributed by atoms with van der Waals surface area (Å²) >= 11 is 0. The van der Waals surface area contributed by atoms with E-state index in [4.69, 9.17) is 2.74 Å². The molecule has 58 valence electrons. The molecular weight excluding hydrogens is 148 g/mol. The van der Waals surface area contributed by atoms with Crippen LogP contribution in [-0.2, 0) is 0 Å². The van der Waals surface area contributed by atoms with Crippen LogP contribution in [0.4, 0.5) is 0 Å². The maximum Gasteiger partial charge on any atom is 0.0886 e. The zero-order chi connectivity index (χ0) is 9.97. The second kappa shape index (κ2) is 3.13. The summed E-state index contributed by atoms with van der Waals surface area (Å²) < 4.78 is 14.6. The van der Waals surface area contributed by atoms with E-state index in [1.165, 1.54) is 12.4 Å². The van der Waals surface area contributed by atoms with Crippen molar-refractivity contribution in [3.63, 3.8) is 0 Å². The van der Waals surface area contributed by atoms with Crippen molar-refractivity contribution >= 4 is 0 Å². The summed E-state index contributed by atoms with van der Waals surface area (Å²) in [5.41, 5.74) is 1.45. The van der Waals surface area contributed by atoms with Gasteiger partial charge in [0.15, 0.2) is 0 Å². The van der Waals surface area contributed by atoms with Gasteiger partial charge in [0.2, 0.25) is 0 Å². The molecule has 0 radical (unpaired) electrons. The molecule has 2 heteroatoms. The van der Waals surface area contributed by atoms with Crippen LogP contribution in [0.3, 0.4) is 0 Å². The first-order valence-corrected chi connectivity index (χ1v) is 3.61. The topological polar surface area (TPSA) is 25.8 Å². The molecule has 2 aromatic heterocycles. The molecule has 0 saturated carbocycles. The van der Waals surface area contributed by atoms with E-state index in [1.807, 2.05) is 0 Å². The van der Waals surface area contributed by atoms with Gasteiger partial charge in [0.05, 0.1) is 14.1 Å². The van der Waals surface area contributed by atoms with Gasteiger partial charge in [0.25, 0.3) is 0 Å². The van der Waals surface area contributed by atoms with Crippen LogP contribution in [0, 0.1) is 0 Å². The molecule has 0 aromatic carbocycles. The van der Waals surface area contributed by atoms with Gasteiger partial charge in [0.1, 0.15) is 0 Å². The van der Waals surface area contributed by atoms with Crippen molar-refractivity contribution in [3.05, 3.63) is 48.7 Å². The summed E-state index contributed by atoms with van der Waals surface area (Å²) in [5.74, 6) is 0. The Kier molecular flexibility index (Phi) is 1.31. The zero-order valence-electron chi connectivity index (χ0n) is 8.36. The van der Waals surface area contributed by atoms with E-state index in [2.05, 4.69) is 9.97 Å². The van der Waals surface area contributed by atoms with Gasteiger partial charge in [-0.3, -0.25) is 9.97 Å². The van der Waals surface area contributed by atoms with Crippen LogP contribution in [0.5, 0.6) is 0 Å². The maximum atomic E-state index is 7.28. The average molecular weight is 158 g/mol. The molecule has 2 heterocycles. The standard InChI is InChI=1S/C10H8N2/c1-3-7-11-9(5-1)10-6-2-4-8-12-10/h1-8H/i3D,4D. The van der Waals surface area contributed by atoms with Gasteiger partial charge in [-0.25, -0.2) is 0 Å². The third-order valence-corrected chi connectivity index (χ3v) is 1.49. The van der Waals surface area contributed by atoms with Crippen LogP contribution < -0.4 is 0 Å². The lowest BCUT2D eigenvalue weighted by atomic mass is 10.2. The lowest BCUT2D eigenvalue weighted by Gasteiger charge is -1.96. The van der Waals surface area contributed by atoms with Crippen LogP contribution in [0.1, 0.15) is 2.74 Å². The summed E-state index contributed by atoms with van der Waals surface area (Å²) in [4.78, 5) is 8.13. The fraction of sp³-hybridized carbons (Fsp3) is 0. The highest BCUT2D eigenvalue weighted by Crippen LogP contribution is 2.10. The SMILES string of the molecule is [2H]c1ccc(-c2ccc([2H])cn2)nc1. The van der Waals surface area contributed by atoms with Crippen molar-refractivity contribution in [2.24, 2.45) is 0 Å². The van der Waals surface area contributed by atoms with E-state index in [0.717, 1.165) is 11.4 Å². The number of pyridine rings is 2. The highest BCUT2D eigenvalue weighted by molar-refractivity contribution is 5.52. The van der Waals surface area contributed by atoms with E-state index in [1.54, 1.807) is 24.3 Å². The molecule has 0 aliphatic rings. The average Bonchev–Trinajstić information content (AvgIpc) is 2.21. The molecular formula is C10H8N2. The first-order valence-electron chi connectivity index (χ1n) is 4.61. The number of nitrogens with zero attached hydrogens (tertiary/aromatic N) is 2. The van der Waals surface area contributed by atoms with Gasteiger partial charge < -0.3 is 0 Å². The highest BCUT2D eigenvalue weighted by atomic mass is 14.7. The monoisotopic (exact) mass is 158 g/mol. The molecule has 0 spiro atoms.